The maximum atomic E-state index is 12.5. The molecule has 0 unspecified atom stereocenters. The predicted octanol–water partition coefficient (Wildman–Crippen LogP) is 1.72. The number of carboxylic acid groups (broad SMARTS) is 1. The number of piperazine rings is 1. The molecule has 11 heteroatoms. The van der Waals surface area contributed by atoms with E-state index in [4.69, 9.17) is 9.90 Å². The number of fused-ring (bicyclic) bond motifs is 1. The highest BCUT2D eigenvalue weighted by Gasteiger charge is 2.38. The van der Waals surface area contributed by atoms with E-state index in [0.717, 1.165) is 70.6 Å². The summed E-state index contributed by atoms with van der Waals surface area (Å²) in [5.41, 5.74) is 3.34. The lowest BCUT2D eigenvalue weighted by atomic mass is 9.97. The number of likely N-dealkylation sites (N-methyl/N-ethyl adjacent to an activating group) is 1. The first-order valence-electron chi connectivity index (χ1n) is 11.9. The van der Waals surface area contributed by atoms with E-state index in [1.165, 1.54) is 11.1 Å². The van der Waals surface area contributed by atoms with Gasteiger partial charge < -0.3 is 25.5 Å². The van der Waals surface area contributed by atoms with Crippen molar-refractivity contribution in [3.05, 3.63) is 34.9 Å². The molecule has 3 rings (SSSR count). The second kappa shape index (κ2) is 14.2. The number of carboxylic acids is 1. The average molecular weight is 501 g/mol. The third-order valence-electron chi connectivity index (χ3n) is 6.06. The number of carbonyl (C=O) groups is 3. The van der Waals surface area contributed by atoms with Crippen molar-refractivity contribution >= 4 is 17.7 Å². The van der Waals surface area contributed by atoms with E-state index in [-0.39, 0.29) is 24.5 Å². The van der Waals surface area contributed by atoms with Crippen LogP contribution in [-0.2, 0) is 22.4 Å². The number of ketones is 1. The Morgan fingerprint density at radius 2 is 1.66 bits per heavy atom. The van der Waals surface area contributed by atoms with E-state index in [2.05, 4.69) is 33.5 Å². The molecule has 196 valence electrons. The zero-order valence-corrected chi connectivity index (χ0v) is 20.1. The monoisotopic (exact) mass is 500 g/mol. The summed E-state index contributed by atoms with van der Waals surface area (Å²) in [4.78, 5) is 38.2. The van der Waals surface area contributed by atoms with Crippen LogP contribution in [0.15, 0.2) is 18.2 Å². The number of alkyl halides is 3. The van der Waals surface area contributed by atoms with Gasteiger partial charge in [-0.2, -0.15) is 13.2 Å². The largest absolute Gasteiger partial charge is 0.490 e. The number of carbonyl (C=O) groups excluding carboxylic acids is 2. The highest BCUT2D eigenvalue weighted by molar-refractivity contribution is 5.98. The number of halogens is 3. The number of benzene rings is 1. The molecule has 0 radical (unpaired) electrons. The van der Waals surface area contributed by atoms with Crippen LogP contribution in [0.3, 0.4) is 0 Å². The first-order valence-corrected chi connectivity index (χ1v) is 11.9. The molecule has 1 aromatic rings. The standard InChI is InChI=1S/C22H34N4O2.C2HF3O2/c1-25-13-15-26(16-14-25)12-2-9-24-22(28)6-5-21(27)20-4-3-18-7-10-23-11-8-19(18)17-20;3-2(4,5)1(6)7/h3-4,17,23H,2,5-16H2,1H3,(H,24,28);(H,6,7). The number of aliphatic carboxylic acids is 1. The Labute approximate surface area is 203 Å². The van der Waals surface area contributed by atoms with Gasteiger partial charge in [-0.25, -0.2) is 4.79 Å². The third-order valence-corrected chi connectivity index (χ3v) is 6.06. The SMILES string of the molecule is CN1CCN(CCCNC(=O)CCC(=O)c2ccc3c(c2)CCNCC3)CC1.O=C(O)C(F)(F)F. The van der Waals surface area contributed by atoms with Crippen molar-refractivity contribution in [3.8, 4) is 0 Å². The quantitative estimate of drug-likeness (QED) is 0.369. The average Bonchev–Trinajstić information content (AvgIpc) is 3.06. The van der Waals surface area contributed by atoms with Gasteiger partial charge in [-0.1, -0.05) is 12.1 Å². The lowest BCUT2D eigenvalue weighted by Gasteiger charge is -2.32. The maximum absolute atomic E-state index is 12.5. The summed E-state index contributed by atoms with van der Waals surface area (Å²) in [6.07, 6.45) is -1.60. The Morgan fingerprint density at radius 3 is 2.29 bits per heavy atom. The van der Waals surface area contributed by atoms with Gasteiger partial charge in [-0.05, 0) is 63.1 Å². The molecule has 0 aliphatic carbocycles. The Morgan fingerprint density at radius 1 is 1.03 bits per heavy atom. The smallest absolute Gasteiger partial charge is 0.475 e. The van der Waals surface area contributed by atoms with Gasteiger partial charge in [0.15, 0.2) is 5.78 Å². The molecule has 0 bridgehead atoms. The molecule has 2 heterocycles. The molecule has 0 spiro atoms. The number of nitrogens with one attached hydrogen (secondary N) is 2. The van der Waals surface area contributed by atoms with Crippen molar-refractivity contribution in [1.29, 1.82) is 0 Å². The van der Waals surface area contributed by atoms with E-state index in [1.807, 2.05) is 12.1 Å². The van der Waals surface area contributed by atoms with Crippen LogP contribution in [0.2, 0.25) is 0 Å². The highest BCUT2D eigenvalue weighted by Crippen LogP contribution is 2.17. The topological polar surface area (TPSA) is 102 Å². The van der Waals surface area contributed by atoms with Gasteiger partial charge in [0.1, 0.15) is 0 Å². The minimum atomic E-state index is -5.08. The third kappa shape index (κ3) is 10.7. The van der Waals surface area contributed by atoms with Crippen LogP contribution in [-0.4, -0.2) is 98.1 Å². The zero-order valence-electron chi connectivity index (χ0n) is 20.1. The molecule has 0 atom stereocenters. The van der Waals surface area contributed by atoms with Crippen LogP contribution in [0.25, 0.3) is 0 Å². The molecule has 8 nitrogen and oxygen atoms in total. The summed E-state index contributed by atoms with van der Waals surface area (Å²) in [6.45, 7) is 8.12. The number of hydrogen-bond acceptors (Lipinski definition) is 6. The molecule has 0 aromatic heterocycles. The second-order valence-electron chi connectivity index (χ2n) is 8.81. The van der Waals surface area contributed by atoms with E-state index >= 15 is 0 Å². The first-order chi connectivity index (χ1) is 16.6. The zero-order chi connectivity index (χ0) is 25.8. The normalized spacial score (nSPS) is 16.9. The summed E-state index contributed by atoms with van der Waals surface area (Å²) in [5, 5.41) is 13.5. The van der Waals surface area contributed by atoms with Crippen molar-refractivity contribution in [1.82, 2.24) is 20.4 Å². The molecule has 1 saturated heterocycles. The Hall–Kier alpha value is -2.50. The van der Waals surface area contributed by atoms with Gasteiger partial charge in [0.05, 0.1) is 0 Å². The second-order valence-corrected chi connectivity index (χ2v) is 8.81. The van der Waals surface area contributed by atoms with Gasteiger partial charge in [-0.3, -0.25) is 9.59 Å². The van der Waals surface area contributed by atoms with Crippen LogP contribution in [0.1, 0.15) is 40.7 Å². The predicted molar refractivity (Wildman–Crippen MR) is 126 cm³/mol. The fourth-order valence-corrected chi connectivity index (χ4v) is 3.91. The van der Waals surface area contributed by atoms with E-state index in [1.54, 1.807) is 0 Å². The van der Waals surface area contributed by atoms with Crippen molar-refractivity contribution in [2.75, 3.05) is 59.4 Å². The van der Waals surface area contributed by atoms with Crippen LogP contribution in [0.5, 0.6) is 0 Å². The van der Waals surface area contributed by atoms with Gasteiger partial charge in [0, 0.05) is 51.1 Å². The number of amides is 1. The van der Waals surface area contributed by atoms with Crippen LogP contribution < -0.4 is 10.6 Å². The molecule has 3 N–H and O–H groups in total. The fourth-order valence-electron chi connectivity index (χ4n) is 3.91. The Bertz CT molecular complexity index is 856. The summed E-state index contributed by atoms with van der Waals surface area (Å²) in [5.74, 6) is -2.72. The molecular formula is C24H35F3N4O4. The van der Waals surface area contributed by atoms with E-state index < -0.39 is 12.1 Å². The van der Waals surface area contributed by atoms with Crippen molar-refractivity contribution in [2.45, 2.75) is 38.3 Å². The lowest BCUT2D eigenvalue weighted by molar-refractivity contribution is -0.192. The summed E-state index contributed by atoms with van der Waals surface area (Å²) in [6, 6.07) is 6.02. The van der Waals surface area contributed by atoms with Crippen LogP contribution in [0, 0.1) is 0 Å². The van der Waals surface area contributed by atoms with Gasteiger partial charge in [-0.15, -0.1) is 0 Å². The Balaban J connectivity index is 0.000000540. The molecule has 0 saturated carbocycles. The molecule has 1 aromatic carbocycles. The maximum Gasteiger partial charge on any atom is 0.490 e. The molecule has 2 aliphatic heterocycles. The number of Topliss-reactive ketones (excluding diaryl/α,β-unsaturated/α-hetero) is 1. The van der Waals surface area contributed by atoms with Crippen molar-refractivity contribution in [3.63, 3.8) is 0 Å². The van der Waals surface area contributed by atoms with Gasteiger partial charge in [0.2, 0.25) is 5.91 Å². The lowest BCUT2D eigenvalue weighted by Crippen LogP contribution is -2.45. The number of nitrogens with zero attached hydrogens (tertiary/aromatic N) is 2. The fraction of sp³-hybridized carbons (Fsp3) is 0.625. The highest BCUT2D eigenvalue weighted by atomic mass is 19.4. The van der Waals surface area contributed by atoms with Crippen molar-refractivity contribution in [2.24, 2.45) is 0 Å². The van der Waals surface area contributed by atoms with Gasteiger partial charge >= 0.3 is 12.1 Å². The molecule has 1 amide bonds. The number of rotatable bonds is 8. The summed E-state index contributed by atoms with van der Waals surface area (Å²) in [7, 11) is 2.15. The van der Waals surface area contributed by atoms with Crippen LogP contribution in [0.4, 0.5) is 13.2 Å². The van der Waals surface area contributed by atoms with E-state index in [9.17, 15) is 22.8 Å². The molecule has 1 fully saturated rings. The summed E-state index contributed by atoms with van der Waals surface area (Å²) >= 11 is 0. The van der Waals surface area contributed by atoms with Gasteiger partial charge in [0.25, 0.3) is 0 Å². The Kier molecular flexibility index (Phi) is 11.6. The van der Waals surface area contributed by atoms with E-state index in [0.29, 0.717) is 6.54 Å². The van der Waals surface area contributed by atoms with Crippen molar-refractivity contribution < 1.29 is 32.7 Å². The first kappa shape index (κ1) is 28.7. The molecule has 2 aliphatic rings. The minimum Gasteiger partial charge on any atom is -0.475 e. The molecule has 35 heavy (non-hydrogen) atoms. The van der Waals surface area contributed by atoms with Crippen LogP contribution >= 0.6 is 0 Å². The molecular weight excluding hydrogens is 465 g/mol. The minimum absolute atomic E-state index is 0.0225. The number of hydrogen-bond donors (Lipinski definition) is 3. The summed E-state index contributed by atoms with van der Waals surface area (Å²) < 4.78 is 31.7.